The van der Waals surface area contributed by atoms with Gasteiger partial charge < -0.3 is 14.8 Å². The van der Waals surface area contributed by atoms with E-state index in [-0.39, 0.29) is 17.6 Å². The number of hydrogen-bond acceptors (Lipinski definition) is 3. The van der Waals surface area contributed by atoms with Crippen molar-refractivity contribution in [1.82, 2.24) is 14.9 Å². The van der Waals surface area contributed by atoms with Crippen LogP contribution in [-0.4, -0.2) is 27.9 Å². The Balaban J connectivity index is 1.38. The molecule has 1 N–H and O–H groups in total. The second kappa shape index (κ2) is 7.68. The summed E-state index contributed by atoms with van der Waals surface area (Å²) in [4.78, 5) is 31.9. The number of para-hydroxylation sites is 1. The van der Waals surface area contributed by atoms with Crippen LogP contribution in [0.15, 0.2) is 72.8 Å². The van der Waals surface area contributed by atoms with E-state index in [9.17, 15) is 14.0 Å². The topological polar surface area (TPSA) is 67.2 Å². The quantitative estimate of drug-likeness (QED) is 0.553. The number of benzene rings is 3. The van der Waals surface area contributed by atoms with Crippen molar-refractivity contribution in [3.8, 4) is 0 Å². The van der Waals surface area contributed by atoms with Crippen LogP contribution < -0.4 is 10.2 Å². The van der Waals surface area contributed by atoms with Crippen molar-refractivity contribution in [3.63, 3.8) is 0 Å². The molecule has 0 atom stereocenters. The van der Waals surface area contributed by atoms with Crippen LogP contribution in [0.4, 0.5) is 10.1 Å². The molecule has 31 heavy (non-hydrogen) atoms. The minimum atomic E-state index is -0.315. The van der Waals surface area contributed by atoms with Crippen LogP contribution in [0.5, 0.6) is 0 Å². The minimum Gasteiger partial charge on any atom is -0.348 e. The molecule has 5 rings (SSSR count). The summed E-state index contributed by atoms with van der Waals surface area (Å²) in [6.45, 7) is 1.48. The average molecular weight is 414 g/mol. The number of halogens is 1. The molecular weight excluding hydrogens is 395 g/mol. The standard InChI is InChI=1S/C24H19FN4O2/c25-18-9-6-16(7-10-18)15-26-23(30)17-8-11-21-20(14-17)27-22-24(31)28(12-13-29(21)22)19-4-2-1-3-5-19/h1-11,14H,12-13,15H2,(H,26,30). The van der Waals surface area contributed by atoms with Gasteiger partial charge in [0.25, 0.3) is 11.8 Å². The molecule has 6 nitrogen and oxygen atoms in total. The summed E-state index contributed by atoms with van der Waals surface area (Å²) >= 11 is 0. The number of fused-ring (bicyclic) bond motifs is 3. The first-order chi connectivity index (χ1) is 15.1. The van der Waals surface area contributed by atoms with E-state index < -0.39 is 0 Å². The smallest absolute Gasteiger partial charge is 0.294 e. The maximum Gasteiger partial charge on any atom is 0.294 e. The molecule has 0 aliphatic carbocycles. The van der Waals surface area contributed by atoms with Gasteiger partial charge in [0.1, 0.15) is 5.82 Å². The minimum absolute atomic E-state index is 0.157. The van der Waals surface area contributed by atoms with Gasteiger partial charge in [0.2, 0.25) is 5.82 Å². The summed E-state index contributed by atoms with van der Waals surface area (Å²) in [6, 6.07) is 20.7. The number of anilines is 1. The van der Waals surface area contributed by atoms with Gasteiger partial charge in [-0.1, -0.05) is 30.3 Å². The number of amides is 2. The average Bonchev–Trinajstić information content (AvgIpc) is 3.18. The van der Waals surface area contributed by atoms with Gasteiger partial charge in [0, 0.05) is 30.9 Å². The van der Waals surface area contributed by atoms with Gasteiger partial charge in [-0.3, -0.25) is 9.59 Å². The Bertz CT molecular complexity index is 1280. The summed E-state index contributed by atoms with van der Waals surface area (Å²) in [7, 11) is 0. The van der Waals surface area contributed by atoms with Crippen LogP contribution in [0, 0.1) is 5.82 Å². The van der Waals surface area contributed by atoms with Crippen LogP contribution in [0.25, 0.3) is 11.0 Å². The first-order valence-electron chi connectivity index (χ1n) is 10.00. The van der Waals surface area contributed by atoms with E-state index in [1.165, 1.54) is 12.1 Å². The van der Waals surface area contributed by atoms with Gasteiger partial charge in [-0.05, 0) is 48.0 Å². The van der Waals surface area contributed by atoms with Gasteiger partial charge in [-0.15, -0.1) is 0 Å². The Hall–Kier alpha value is -4.00. The molecule has 0 saturated heterocycles. The van der Waals surface area contributed by atoms with Crippen LogP contribution in [0.3, 0.4) is 0 Å². The van der Waals surface area contributed by atoms with Gasteiger partial charge in [0.15, 0.2) is 0 Å². The van der Waals surface area contributed by atoms with Gasteiger partial charge in [-0.2, -0.15) is 0 Å². The molecule has 0 bridgehead atoms. The normalized spacial score (nSPS) is 13.3. The first-order valence-corrected chi connectivity index (χ1v) is 10.00. The zero-order chi connectivity index (χ0) is 21.4. The highest BCUT2D eigenvalue weighted by Crippen LogP contribution is 2.25. The Morgan fingerprint density at radius 3 is 2.55 bits per heavy atom. The van der Waals surface area contributed by atoms with E-state index in [1.807, 2.05) is 41.0 Å². The molecular formula is C24H19FN4O2. The molecule has 0 saturated carbocycles. The number of rotatable bonds is 4. The van der Waals surface area contributed by atoms with Crippen molar-refractivity contribution < 1.29 is 14.0 Å². The lowest BCUT2D eigenvalue weighted by Gasteiger charge is -2.27. The summed E-state index contributed by atoms with van der Waals surface area (Å²) in [6.07, 6.45) is 0. The lowest BCUT2D eigenvalue weighted by molar-refractivity contribution is 0.0947. The molecule has 1 aromatic heterocycles. The molecule has 0 radical (unpaired) electrons. The first kappa shape index (κ1) is 19.0. The molecule has 0 spiro atoms. The number of aromatic nitrogens is 2. The maximum absolute atomic E-state index is 13.0. The van der Waals surface area contributed by atoms with Crippen molar-refractivity contribution in [1.29, 1.82) is 0 Å². The predicted molar refractivity (Wildman–Crippen MR) is 115 cm³/mol. The van der Waals surface area contributed by atoms with E-state index in [0.29, 0.717) is 36.5 Å². The fourth-order valence-corrected chi connectivity index (χ4v) is 3.82. The van der Waals surface area contributed by atoms with E-state index in [0.717, 1.165) is 16.8 Å². The van der Waals surface area contributed by atoms with Gasteiger partial charge >= 0.3 is 0 Å². The number of carbonyl (C=O) groups is 2. The molecule has 7 heteroatoms. The van der Waals surface area contributed by atoms with E-state index in [4.69, 9.17) is 0 Å². The van der Waals surface area contributed by atoms with Crippen molar-refractivity contribution in [2.75, 3.05) is 11.4 Å². The monoisotopic (exact) mass is 414 g/mol. The van der Waals surface area contributed by atoms with Crippen molar-refractivity contribution in [2.45, 2.75) is 13.1 Å². The van der Waals surface area contributed by atoms with Crippen LogP contribution in [0.1, 0.15) is 26.5 Å². The van der Waals surface area contributed by atoms with Crippen molar-refractivity contribution >= 4 is 28.5 Å². The van der Waals surface area contributed by atoms with Gasteiger partial charge in [0.05, 0.1) is 11.0 Å². The highest BCUT2D eigenvalue weighted by Gasteiger charge is 2.29. The molecule has 0 fully saturated rings. The van der Waals surface area contributed by atoms with Gasteiger partial charge in [-0.25, -0.2) is 9.37 Å². The number of hydrogen-bond donors (Lipinski definition) is 1. The summed E-state index contributed by atoms with van der Waals surface area (Å²) < 4.78 is 14.9. The fraction of sp³-hybridized carbons (Fsp3) is 0.125. The molecule has 1 aliphatic rings. The second-order valence-corrected chi connectivity index (χ2v) is 7.39. The number of imidazole rings is 1. The number of carbonyl (C=O) groups excluding carboxylic acids is 2. The molecule has 1 aliphatic heterocycles. The Morgan fingerprint density at radius 2 is 1.77 bits per heavy atom. The lowest BCUT2D eigenvalue weighted by Crippen LogP contribution is -2.40. The lowest BCUT2D eigenvalue weighted by atomic mass is 10.1. The zero-order valence-corrected chi connectivity index (χ0v) is 16.6. The molecule has 154 valence electrons. The summed E-state index contributed by atoms with van der Waals surface area (Å²) in [5.41, 5.74) is 3.53. The zero-order valence-electron chi connectivity index (χ0n) is 16.6. The third-order valence-corrected chi connectivity index (χ3v) is 5.43. The van der Waals surface area contributed by atoms with Crippen LogP contribution in [-0.2, 0) is 13.1 Å². The number of nitrogens with one attached hydrogen (secondary N) is 1. The molecule has 3 aromatic carbocycles. The van der Waals surface area contributed by atoms with Crippen LogP contribution in [0.2, 0.25) is 0 Å². The Morgan fingerprint density at radius 1 is 1.00 bits per heavy atom. The third kappa shape index (κ3) is 3.54. The summed E-state index contributed by atoms with van der Waals surface area (Å²) in [5.74, 6) is -0.357. The van der Waals surface area contributed by atoms with Crippen molar-refractivity contribution in [2.24, 2.45) is 0 Å². The fourth-order valence-electron chi connectivity index (χ4n) is 3.82. The second-order valence-electron chi connectivity index (χ2n) is 7.39. The van der Waals surface area contributed by atoms with Crippen LogP contribution >= 0.6 is 0 Å². The van der Waals surface area contributed by atoms with E-state index >= 15 is 0 Å². The molecule has 2 amide bonds. The molecule has 2 heterocycles. The maximum atomic E-state index is 13.0. The number of nitrogens with zero attached hydrogens (tertiary/aromatic N) is 3. The van der Waals surface area contributed by atoms with E-state index in [2.05, 4.69) is 10.3 Å². The van der Waals surface area contributed by atoms with Crippen molar-refractivity contribution in [3.05, 3.63) is 95.6 Å². The predicted octanol–water partition coefficient (Wildman–Crippen LogP) is 3.77. The SMILES string of the molecule is O=C(NCc1ccc(F)cc1)c1ccc2c(c1)nc1n2CCN(c2ccccc2)C1=O. The highest BCUT2D eigenvalue weighted by atomic mass is 19.1. The molecule has 0 unspecified atom stereocenters. The summed E-state index contributed by atoms with van der Waals surface area (Å²) in [5, 5.41) is 2.83. The highest BCUT2D eigenvalue weighted by molar-refractivity contribution is 6.07. The Kier molecular flexibility index (Phi) is 4.71. The van der Waals surface area contributed by atoms with E-state index in [1.54, 1.807) is 29.2 Å². The third-order valence-electron chi connectivity index (χ3n) is 5.43. The Labute approximate surface area is 177 Å². The largest absolute Gasteiger partial charge is 0.348 e. The molecule has 4 aromatic rings.